The first-order valence-electron chi connectivity index (χ1n) is 5.93. The van der Waals surface area contributed by atoms with E-state index in [1.807, 2.05) is 37.3 Å². The van der Waals surface area contributed by atoms with Crippen molar-refractivity contribution in [3.8, 4) is 11.5 Å². The number of hydrogen-bond donors (Lipinski definition) is 1. The second-order valence-corrected chi connectivity index (χ2v) is 5.06. The maximum absolute atomic E-state index is 5.96. The maximum Gasteiger partial charge on any atom is 0.142 e. The summed E-state index contributed by atoms with van der Waals surface area (Å²) >= 11 is 3.48. The van der Waals surface area contributed by atoms with Crippen LogP contribution >= 0.6 is 15.9 Å². The van der Waals surface area contributed by atoms with Crippen LogP contribution in [0.1, 0.15) is 18.1 Å². The highest BCUT2D eigenvalue weighted by molar-refractivity contribution is 9.10. The van der Waals surface area contributed by atoms with E-state index in [9.17, 15) is 0 Å². The van der Waals surface area contributed by atoms with Gasteiger partial charge in [-0.05, 0) is 58.6 Å². The highest BCUT2D eigenvalue weighted by Crippen LogP contribution is 2.34. The quantitative estimate of drug-likeness (QED) is 0.835. The maximum atomic E-state index is 5.96. The van der Waals surface area contributed by atoms with Crippen molar-refractivity contribution in [3.05, 3.63) is 52.0 Å². The highest BCUT2D eigenvalue weighted by atomic mass is 79.9. The highest BCUT2D eigenvalue weighted by Gasteiger charge is 2.08. The normalized spacial score (nSPS) is 10.4. The van der Waals surface area contributed by atoms with Crippen LogP contribution < -0.4 is 10.5 Å². The van der Waals surface area contributed by atoms with Crippen molar-refractivity contribution in [1.29, 1.82) is 0 Å². The summed E-state index contributed by atoms with van der Waals surface area (Å²) < 4.78 is 6.84. The number of aryl methyl sites for hydroxylation is 2. The molecule has 18 heavy (non-hydrogen) atoms. The summed E-state index contributed by atoms with van der Waals surface area (Å²) in [5.74, 6) is 1.69. The monoisotopic (exact) mass is 305 g/mol. The number of para-hydroxylation sites is 1. The number of nitrogens with two attached hydrogens (primary N) is 1. The molecule has 2 aromatic rings. The number of hydrogen-bond acceptors (Lipinski definition) is 2. The molecule has 0 bridgehead atoms. The third-order valence-corrected chi connectivity index (χ3v) is 3.51. The smallest absolute Gasteiger partial charge is 0.142 e. The fraction of sp³-hybridized carbons (Fsp3) is 0.200. The average Bonchev–Trinajstić information content (AvgIpc) is 2.36. The molecule has 3 heteroatoms. The van der Waals surface area contributed by atoms with Crippen LogP contribution in [0.25, 0.3) is 0 Å². The van der Waals surface area contributed by atoms with Crippen LogP contribution in [-0.2, 0) is 6.42 Å². The van der Waals surface area contributed by atoms with Crippen LogP contribution in [0.5, 0.6) is 11.5 Å². The molecule has 0 radical (unpaired) electrons. The van der Waals surface area contributed by atoms with Crippen molar-refractivity contribution in [3.63, 3.8) is 0 Å². The van der Waals surface area contributed by atoms with Gasteiger partial charge in [-0.3, -0.25) is 0 Å². The Kier molecular flexibility index (Phi) is 3.92. The molecule has 0 saturated heterocycles. The summed E-state index contributed by atoms with van der Waals surface area (Å²) in [4.78, 5) is 0. The lowest BCUT2D eigenvalue weighted by atomic mass is 10.1. The molecule has 2 aromatic carbocycles. The number of anilines is 1. The van der Waals surface area contributed by atoms with Gasteiger partial charge in [-0.2, -0.15) is 0 Å². The molecular formula is C15H16BrNO. The summed E-state index contributed by atoms with van der Waals surface area (Å²) in [7, 11) is 0. The molecule has 0 amide bonds. The summed E-state index contributed by atoms with van der Waals surface area (Å²) in [6, 6.07) is 11.9. The molecule has 0 aliphatic carbocycles. The largest absolute Gasteiger partial charge is 0.456 e. The SMILES string of the molecule is CCc1ccccc1Oc1cc(C)c(N)cc1Br. The Hall–Kier alpha value is -1.48. The summed E-state index contributed by atoms with van der Waals surface area (Å²) in [6.45, 7) is 4.09. The molecule has 2 nitrogen and oxygen atoms in total. The van der Waals surface area contributed by atoms with E-state index in [1.54, 1.807) is 0 Å². The van der Waals surface area contributed by atoms with Gasteiger partial charge in [-0.25, -0.2) is 0 Å². The number of rotatable bonds is 3. The Morgan fingerprint density at radius 3 is 2.61 bits per heavy atom. The number of halogens is 1. The Morgan fingerprint density at radius 1 is 1.17 bits per heavy atom. The van der Waals surface area contributed by atoms with E-state index < -0.39 is 0 Å². The molecule has 0 heterocycles. The zero-order valence-electron chi connectivity index (χ0n) is 10.5. The number of ether oxygens (including phenoxy) is 1. The average molecular weight is 306 g/mol. The van der Waals surface area contributed by atoms with E-state index >= 15 is 0 Å². The van der Waals surface area contributed by atoms with Crippen molar-refractivity contribution in [2.75, 3.05) is 5.73 Å². The summed E-state index contributed by atoms with van der Waals surface area (Å²) in [5, 5.41) is 0. The van der Waals surface area contributed by atoms with Crippen LogP contribution in [0.4, 0.5) is 5.69 Å². The van der Waals surface area contributed by atoms with Crippen LogP contribution in [-0.4, -0.2) is 0 Å². The molecule has 94 valence electrons. The van der Waals surface area contributed by atoms with Crippen molar-refractivity contribution < 1.29 is 4.74 Å². The van der Waals surface area contributed by atoms with E-state index in [0.717, 1.165) is 33.6 Å². The van der Waals surface area contributed by atoms with Crippen LogP contribution in [0.15, 0.2) is 40.9 Å². The molecule has 0 spiro atoms. The van der Waals surface area contributed by atoms with Gasteiger partial charge in [-0.1, -0.05) is 25.1 Å². The van der Waals surface area contributed by atoms with Crippen molar-refractivity contribution in [2.45, 2.75) is 20.3 Å². The van der Waals surface area contributed by atoms with Gasteiger partial charge >= 0.3 is 0 Å². The van der Waals surface area contributed by atoms with Crippen LogP contribution in [0.3, 0.4) is 0 Å². The third-order valence-electron chi connectivity index (χ3n) is 2.89. The fourth-order valence-electron chi connectivity index (χ4n) is 1.76. The Morgan fingerprint density at radius 2 is 1.89 bits per heavy atom. The predicted molar refractivity (Wildman–Crippen MR) is 79.2 cm³/mol. The zero-order chi connectivity index (χ0) is 13.1. The molecular weight excluding hydrogens is 290 g/mol. The fourth-order valence-corrected chi connectivity index (χ4v) is 2.20. The molecule has 0 fully saturated rings. The van der Waals surface area contributed by atoms with Gasteiger partial charge in [0.25, 0.3) is 0 Å². The van der Waals surface area contributed by atoms with E-state index in [2.05, 4.69) is 28.9 Å². The van der Waals surface area contributed by atoms with Gasteiger partial charge in [0.2, 0.25) is 0 Å². The van der Waals surface area contributed by atoms with Crippen molar-refractivity contribution in [1.82, 2.24) is 0 Å². The molecule has 0 atom stereocenters. The van der Waals surface area contributed by atoms with E-state index in [0.29, 0.717) is 0 Å². The molecule has 0 aromatic heterocycles. The summed E-state index contributed by atoms with van der Waals surface area (Å²) in [5.41, 5.74) is 8.82. The zero-order valence-corrected chi connectivity index (χ0v) is 12.1. The molecule has 0 unspecified atom stereocenters. The molecule has 0 aliphatic heterocycles. The van der Waals surface area contributed by atoms with Crippen LogP contribution in [0, 0.1) is 6.92 Å². The number of benzene rings is 2. The molecule has 0 aliphatic rings. The first-order valence-corrected chi connectivity index (χ1v) is 6.72. The standard InChI is InChI=1S/C15H16BrNO/c1-3-11-6-4-5-7-14(11)18-15-8-10(2)13(17)9-12(15)16/h4-9H,3,17H2,1-2H3. The lowest BCUT2D eigenvalue weighted by Gasteiger charge is -2.13. The first kappa shape index (κ1) is 13.0. The predicted octanol–water partition coefficient (Wildman–Crippen LogP) is 4.69. The number of nitrogen functional groups attached to an aromatic ring is 1. The van der Waals surface area contributed by atoms with Gasteiger partial charge in [0.1, 0.15) is 11.5 Å². The minimum absolute atomic E-state index is 0.762. The molecule has 2 N–H and O–H groups in total. The molecule has 0 saturated carbocycles. The van der Waals surface area contributed by atoms with Gasteiger partial charge < -0.3 is 10.5 Å². The van der Waals surface area contributed by atoms with Gasteiger partial charge in [0.05, 0.1) is 4.47 Å². The Balaban J connectivity index is 2.37. The van der Waals surface area contributed by atoms with E-state index in [1.165, 1.54) is 5.56 Å². The second kappa shape index (κ2) is 5.44. The Bertz CT molecular complexity index is 566. The minimum atomic E-state index is 0.762. The third kappa shape index (κ3) is 2.67. The Labute approximate surface area is 116 Å². The topological polar surface area (TPSA) is 35.2 Å². The van der Waals surface area contributed by atoms with Gasteiger partial charge in [-0.15, -0.1) is 0 Å². The lowest BCUT2D eigenvalue weighted by molar-refractivity contribution is 0.473. The van der Waals surface area contributed by atoms with Gasteiger partial charge in [0, 0.05) is 5.69 Å². The summed E-state index contributed by atoms with van der Waals surface area (Å²) in [6.07, 6.45) is 0.946. The van der Waals surface area contributed by atoms with Gasteiger partial charge in [0.15, 0.2) is 0 Å². The van der Waals surface area contributed by atoms with Crippen molar-refractivity contribution >= 4 is 21.6 Å². The van der Waals surface area contributed by atoms with Crippen molar-refractivity contribution in [2.24, 2.45) is 0 Å². The second-order valence-electron chi connectivity index (χ2n) is 4.20. The van der Waals surface area contributed by atoms with E-state index in [-0.39, 0.29) is 0 Å². The van der Waals surface area contributed by atoms with Crippen LogP contribution in [0.2, 0.25) is 0 Å². The first-order chi connectivity index (χ1) is 8.61. The minimum Gasteiger partial charge on any atom is -0.456 e. The molecule has 2 rings (SSSR count). The lowest BCUT2D eigenvalue weighted by Crippen LogP contribution is -1.94. The van der Waals surface area contributed by atoms with E-state index in [4.69, 9.17) is 10.5 Å².